The number of likely N-dealkylation sites (N-methyl/N-ethyl adjacent to an activating group) is 1. The Balaban J connectivity index is 2.06. The summed E-state index contributed by atoms with van der Waals surface area (Å²) >= 11 is 15.8. The van der Waals surface area contributed by atoms with E-state index in [1.54, 1.807) is 74.5 Å². The molecule has 1 atom stereocenters. The van der Waals surface area contributed by atoms with Crippen molar-refractivity contribution in [2.75, 3.05) is 17.4 Å². The van der Waals surface area contributed by atoms with Crippen LogP contribution in [0.5, 0.6) is 0 Å². The van der Waals surface area contributed by atoms with E-state index in [0.29, 0.717) is 34.3 Å². The van der Waals surface area contributed by atoms with Gasteiger partial charge in [-0.1, -0.05) is 70.3 Å². The average Bonchev–Trinajstić information content (AvgIpc) is 2.89. The number of carbonyl (C=O) groups is 2. The number of anilines is 1. The molecule has 0 bridgehead atoms. The van der Waals surface area contributed by atoms with Crippen molar-refractivity contribution < 1.29 is 18.0 Å². The zero-order chi connectivity index (χ0) is 27.9. The van der Waals surface area contributed by atoms with Gasteiger partial charge in [-0.15, -0.1) is 0 Å². The fraction of sp³-hybridized carbons (Fsp3) is 0.259. The first kappa shape index (κ1) is 30.0. The standard InChI is InChI=1S/C27H28BrCl2N3O4S/c1-3-25(27(35)31-4-2)32(17-19-10-13-21(29)16-24(19)30)26(34)18-33(22-14-11-20(28)12-15-22)38(36,37)23-8-6-5-7-9-23/h5-16,25H,3-4,17-18H2,1-2H3,(H,31,35)/t25-/m0/s1. The molecule has 38 heavy (non-hydrogen) atoms. The van der Waals surface area contributed by atoms with Crippen molar-refractivity contribution in [2.24, 2.45) is 0 Å². The molecule has 0 saturated heterocycles. The van der Waals surface area contributed by atoms with Crippen LogP contribution >= 0.6 is 39.1 Å². The van der Waals surface area contributed by atoms with Crippen LogP contribution in [0.25, 0.3) is 0 Å². The monoisotopic (exact) mass is 639 g/mol. The number of sulfonamides is 1. The van der Waals surface area contributed by atoms with Crippen molar-refractivity contribution in [3.63, 3.8) is 0 Å². The van der Waals surface area contributed by atoms with E-state index < -0.39 is 28.5 Å². The third-order valence-corrected chi connectivity index (χ3v) is 8.72. The van der Waals surface area contributed by atoms with E-state index in [9.17, 15) is 18.0 Å². The highest BCUT2D eigenvalue weighted by atomic mass is 79.9. The molecule has 0 aliphatic rings. The maximum atomic E-state index is 13.9. The summed E-state index contributed by atoms with van der Waals surface area (Å²) in [7, 11) is -4.12. The molecule has 2 amide bonds. The molecule has 3 rings (SSSR count). The Morgan fingerprint density at radius 1 is 0.974 bits per heavy atom. The SMILES string of the molecule is CCNC(=O)[C@H](CC)N(Cc1ccc(Cl)cc1Cl)C(=O)CN(c1ccc(Br)cc1)S(=O)(=O)c1ccccc1. The molecular formula is C27H28BrCl2N3O4S. The largest absolute Gasteiger partial charge is 0.355 e. The Morgan fingerprint density at radius 3 is 2.21 bits per heavy atom. The van der Waals surface area contributed by atoms with Crippen LogP contribution in [-0.4, -0.2) is 44.3 Å². The number of nitrogens with one attached hydrogen (secondary N) is 1. The average molecular weight is 641 g/mol. The smallest absolute Gasteiger partial charge is 0.264 e. The van der Waals surface area contributed by atoms with Crippen molar-refractivity contribution in [1.29, 1.82) is 0 Å². The summed E-state index contributed by atoms with van der Waals surface area (Å²) in [5, 5.41) is 3.53. The summed E-state index contributed by atoms with van der Waals surface area (Å²) in [5.74, 6) is -0.897. The minimum Gasteiger partial charge on any atom is -0.355 e. The van der Waals surface area contributed by atoms with Gasteiger partial charge in [0.05, 0.1) is 10.6 Å². The van der Waals surface area contributed by atoms with Gasteiger partial charge in [-0.25, -0.2) is 8.42 Å². The number of hydrogen-bond acceptors (Lipinski definition) is 4. The van der Waals surface area contributed by atoms with Gasteiger partial charge < -0.3 is 10.2 Å². The Labute approximate surface area is 241 Å². The van der Waals surface area contributed by atoms with Gasteiger partial charge in [0.1, 0.15) is 12.6 Å². The van der Waals surface area contributed by atoms with Gasteiger partial charge in [-0.3, -0.25) is 13.9 Å². The predicted octanol–water partition coefficient (Wildman–Crippen LogP) is 5.89. The molecule has 0 aromatic heterocycles. The van der Waals surface area contributed by atoms with E-state index >= 15 is 0 Å². The van der Waals surface area contributed by atoms with E-state index in [1.807, 2.05) is 0 Å². The van der Waals surface area contributed by atoms with Crippen molar-refractivity contribution in [2.45, 2.75) is 37.8 Å². The van der Waals surface area contributed by atoms with Crippen molar-refractivity contribution in [3.05, 3.63) is 92.9 Å². The molecule has 3 aromatic rings. The topological polar surface area (TPSA) is 86.8 Å². The van der Waals surface area contributed by atoms with Crippen LogP contribution in [0.1, 0.15) is 25.8 Å². The Kier molecular flexibility index (Phi) is 10.6. The lowest BCUT2D eigenvalue weighted by molar-refractivity contribution is -0.140. The van der Waals surface area contributed by atoms with Gasteiger partial charge in [-0.2, -0.15) is 0 Å². The van der Waals surface area contributed by atoms with E-state index in [2.05, 4.69) is 21.2 Å². The minimum absolute atomic E-state index is 0.00988. The van der Waals surface area contributed by atoms with Gasteiger partial charge in [0.15, 0.2) is 0 Å². The van der Waals surface area contributed by atoms with Gasteiger partial charge >= 0.3 is 0 Å². The molecule has 0 aliphatic carbocycles. The second kappa shape index (κ2) is 13.5. The molecule has 202 valence electrons. The molecular weight excluding hydrogens is 613 g/mol. The highest BCUT2D eigenvalue weighted by Gasteiger charge is 2.33. The quantitative estimate of drug-likeness (QED) is 0.283. The molecule has 3 aromatic carbocycles. The molecule has 0 spiro atoms. The summed E-state index contributed by atoms with van der Waals surface area (Å²) in [5.41, 5.74) is 0.884. The highest BCUT2D eigenvalue weighted by molar-refractivity contribution is 9.10. The lowest BCUT2D eigenvalue weighted by Gasteiger charge is -2.33. The van der Waals surface area contributed by atoms with Crippen LogP contribution in [-0.2, 0) is 26.2 Å². The Morgan fingerprint density at radius 2 is 1.63 bits per heavy atom. The van der Waals surface area contributed by atoms with Crippen LogP contribution in [0.4, 0.5) is 5.69 Å². The van der Waals surface area contributed by atoms with Gasteiger partial charge in [0.2, 0.25) is 11.8 Å². The first-order valence-corrected chi connectivity index (χ1v) is 14.9. The second-order valence-electron chi connectivity index (χ2n) is 8.38. The first-order valence-electron chi connectivity index (χ1n) is 11.9. The van der Waals surface area contributed by atoms with E-state index in [0.717, 1.165) is 8.78 Å². The third kappa shape index (κ3) is 7.28. The molecule has 0 saturated carbocycles. The van der Waals surface area contributed by atoms with Crippen LogP contribution in [0.15, 0.2) is 82.2 Å². The van der Waals surface area contributed by atoms with E-state index in [4.69, 9.17) is 23.2 Å². The molecule has 7 nitrogen and oxygen atoms in total. The zero-order valence-electron chi connectivity index (χ0n) is 20.9. The molecule has 1 N–H and O–H groups in total. The number of carbonyl (C=O) groups excluding carboxylic acids is 2. The van der Waals surface area contributed by atoms with Gasteiger partial charge in [0.25, 0.3) is 10.0 Å². The zero-order valence-corrected chi connectivity index (χ0v) is 24.8. The number of rotatable bonds is 11. The summed E-state index contributed by atoms with van der Waals surface area (Å²) in [6.45, 7) is 3.42. The molecule has 0 radical (unpaired) electrons. The minimum atomic E-state index is -4.12. The fourth-order valence-electron chi connectivity index (χ4n) is 3.90. The Bertz CT molecular complexity index is 1370. The predicted molar refractivity (Wildman–Crippen MR) is 155 cm³/mol. The lowest BCUT2D eigenvalue weighted by Crippen LogP contribution is -2.52. The van der Waals surface area contributed by atoms with Crippen LogP contribution in [0.2, 0.25) is 10.0 Å². The molecule has 0 heterocycles. The molecule has 0 aliphatic heterocycles. The third-order valence-electron chi connectivity index (χ3n) is 5.82. The highest BCUT2D eigenvalue weighted by Crippen LogP contribution is 2.27. The molecule has 0 unspecified atom stereocenters. The summed E-state index contributed by atoms with van der Waals surface area (Å²) in [4.78, 5) is 28.3. The van der Waals surface area contributed by atoms with Crippen LogP contribution < -0.4 is 9.62 Å². The first-order chi connectivity index (χ1) is 18.1. The summed E-state index contributed by atoms with van der Waals surface area (Å²) in [6.07, 6.45) is 0.312. The second-order valence-corrected chi connectivity index (χ2v) is 12.0. The Hall–Kier alpha value is -2.59. The fourth-order valence-corrected chi connectivity index (χ4v) is 6.07. The van der Waals surface area contributed by atoms with Crippen LogP contribution in [0.3, 0.4) is 0 Å². The summed E-state index contributed by atoms with van der Waals surface area (Å²) < 4.78 is 29.3. The maximum absolute atomic E-state index is 13.9. The summed E-state index contributed by atoms with van der Waals surface area (Å²) in [6, 6.07) is 18.5. The molecule has 0 fully saturated rings. The van der Waals surface area contributed by atoms with E-state index in [-0.39, 0.29) is 17.3 Å². The number of halogens is 3. The maximum Gasteiger partial charge on any atom is 0.264 e. The normalized spacial score (nSPS) is 12.0. The number of amides is 2. The lowest BCUT2D eigenvalue weighted by atomic mass is 10.1. The van der Waals surface area contributed by atoms with Crippen molar-refractivity contribution >= 4 is 66.7 Å². The van der Waals surface area contributed by atoms with Crippen molar-refractivity contribution in [1.82, 2.24) is 10.2 Å². The number of hydrogen-bond donors (Lipinski definition) is 1. The number of nitrogens with zero attached hydrogens (tertiary/aromatic N) is 2. The van der Waals surface area contributed by atoms with E-state index in [1.165, 1.54) is 17.0 Å². The number of benzene rings is 3. The van der Waals surface area contributed by atoms with Gasteiger partial charge in [-0.05, 0) is 67.4 Å². The molecule has 11 heteroatoms. The van der Waals surface area contributed by atoms with Gasteiger partial charge in [0, 0.05) is 27.6 Å². The van der Waals surface area contributed by atoms with Crippen molar-refractivity contribution in [3.8, 4) is 0 Å². The van der Waals surface area contributed by atoms with Crippen LogP contribution in [0, 0.1) is 0 Å².